The van der Waals surface area contributed by atoms with E-state index in [4.69, 9.17) is 0 Å². The molecule has 5 fully saturated rings. The maximum absolute atomic E-state index is 11.9. The molecule has 1 heterocycles. The van der Waals surface area contributed by atoms with E-state index in [1.165, 1.54) is 38.5 Å². The van der Waals surface area contributed by atoms with Crippen molar-refractivity contribution in [3.8, 4) is 0 Å². The van der Waals surface area contributed by atoms with E-state index in [1.807, 2.05) is 0 Å². The van der Waals surface area contributed by atoms with E-state index in [2.05, 4.69) is 5.32 Å². The van der Waals surface area contributed by atoms with E-state index in [1.54, 1.807) is 0 Å². The minimum absolute atomic E-state index is 0.254. The van der Waals surface area contributed by atoms with Crippen LogP contribution in [0.4, 0.5) is 0 Å². The zero-order valence-electron chi connectivity index (χ0n) is 10.9. The molecule has 4 bridgehead atoms. The van der Waals surface area contributed by atoms with Gasteiger partial charge in [0.2, 0.25) is 0 Å². The minimum Gasteiger partial charge on any atom is -0.311 e. The van der Waals surface area contributed by atoms with Crippen LogP contribution >= 0.6 is 0 Å². The Morgan fingerprint density at radius 2 is 1.50 bits per heavy atom. The predicted molar refractivity (Wildman–Crippen MR) is 71.0 cm³/mol. The molecule has 102 valence electrons. The molecule has 1 aliphatic heterocycles. The van der Waals surface area contributed by atoms with Crippen LogP contribution < -0.4 is 5.32 Å². The lowest BCUT2D eigenvalue weighted by molar-refractivity contribution is -0.0699. The minimum atomic E-state index is -2.79. The number of nitrogens with one attached hydrogen (secondary N) is 1. The zero-order chi connectivity index (χ0) is 12.4. The lowest BCUT2D eigenvalue weighted by Gasteiger charge is -2.60. The number of rotatable bonds is 1. The summed E-state index contributed by atoms with van der Waals surface area (Å²) >= 11 is 0. The Hall–Kier alpha value is -0.0900. The van der Waals surface area contributed by atoms with Crippen molar-refractivity contribution >= 4 is 9.84 Å². The number of hydrogen-bond acceptors (Lipinski definition) is 3. The van der Waals surface area contributed by atoms with Crippen LogP contribution in [-0.4, -0.2) is 32.5 Å². The molecule has 18 heavy (non-hydrogen) atoms. The standard InChI is InChI=1S/C14H23NO2S/c16-18(17)2-1-15-13(9-18)14-6-10-3-11(7-14)5-12(4-10)8-14/h10-13,15H,1-9H2. The van der Waals surface area contributed by atoms with Crippen molar-refractivity contribution in [1.82, 2.24) is 5.32 Å². The van der Waals surface area contributed by atoms with Crippen LogP contribution in [0.2, 0.25) is 0 Å². The molecule has 5 aliphatic rings. The van der Waals surface area contributed by atoms with Gasteiger partial charge in [0.05, 0.1) is 11.5 Å². The molecule has 1 unspecified atom stereocenters. The zero-order valence-corrected chi connectivity index (χ0v) is 11.7. The van der Waals surface area contributed by atoms with Gasteiger partial charge in [-0.2, -0.15) is 0 Å². The van der Waals surface area contributed by atoms with Crippen molar-refractivity contribution in [3.05, 3.63) is 0 Å². The van der Waals surface area contributed by atoms with E-state index >= 15 is 0 Å². The first kappa shape index (κ1) is 11.7. The molecule has 4 aliphatic carbocycles. The van der Waals surface area contributed by atoms with Gasteiger partial charge in [0.1, 0.15) is 0 Å². The highest BCUT2D eigenvalue weighted by atomic mass is 32.2. The third kappa shape index (κ3) is 1.75. The van der Waals surface area contributed by atoms with Gasteiger partial charge in [0.15, 0.2) is 9.84 Å². The van der Waals surface area contributed by atoms with Crippen LogP contribution in [-0.2, 0) is 9.84 Å². The first-order valence-corrected chi connectivity index (χ1v) is 9.31. The highest BCUT2D eigenvalue weighted by molar-refractivity contribution is 7.91. The van der Waals surface area contributed by atoms with E-state index in [0.29, 0.717) is 23.5 Å². The largest absolute Gasteiger partial charge is 0.311 e. The quantitative estimate of drug-likeness (QED) is 0.786. The first-order chi connectivity index (χ1) is 8.55. The van der Waals surface area contributed by atoms with Crippen molar-refractivity contribution in [3.63, 3.8) is 0 Å². The van der Waals surface area contributed by atoms with Gasteiger partial charge in [-0.25, -0.2) is 8.42 Å². The van der Waals surface area contributed by atoms with E-state index in [0.717, 1.165) is 17.8 Å². The highest BCUT2D eigenvalue weighted by Gasteiger charge is 2.55. The Morgan fingerprint density at radius 3 is 2.00 bits per heavy atom. The Balaban J connectivity index is 1.63. The number of sulfone groups is 1. The summed E-state index contributed by atoms with van der Waals surface area (Å²) in [5.74, 6) is 3.46. The van der Waals surface area contributed by atoms with Gasteiger partial charge in [0.25, 0.3) is 0 Å². The molecule has 4 heteroatoms. The van der Waals surface area contributed by atoms with Gasteiger partial charge >= 0.3 is 0 Å². The summed E-state index contributed by atoms with van der Waals surface area (Å²) in [5, 5.41) is 3.55. The maximum atomic E-state index is 11.9. The first-order valence-electron chi connectivity index (χ1n) is 7.48. The smallest absolute Gasteiger partial charge is 0.153 e. The summed E-state index contributed by atoms with van der Waals surface area (Å²) in [6.07, 6.45) is 8.18. The fraction of sp³-hybridized carbons (Fsp3) is 1.00. The summed E-state index contributed by atoms with van der Waals surface area (Å²) in [6, 6.07) is 0.254. The number of hydrogen-bond donors (Lipinski definition) is 1. The van der Waals surface area contributed by atoms with Crippen molar-refractivity contribution < 1.29 is 8.42 Å². The topological polar surface area (TPSA) is 46.2 Å². The summed E-state index contributed by atoms with van der Waals surface area (Å²) < 4.78 is 23.8. The van der Waals surface area contributed by atoms with E-state index in [9.17, 15) is 8.42 Å². The van der Waals surface area contributed by atoms with Crippen LogP contribution in [0.1, 0.15) is 38.5 Å². The summed E-state index contributed by atoms with van der Waals surface area (Å²) in [4.78, 5) is 0. The van der Waals surface area contributed by atoms with Gasteiger partial charge in [-0.3, -0.25) is 0 Å². The Bertz CT molecular complexity index is 421. The molecule has 4 saturated carbocycles. The van der Waals surface area contributed by atoms with E-state index < -0.39 is 9.84 Å². The van der Waals surface area contributed by atoms with Crippen molar-refractivity contribution in [2.75, 3.05) is 18.1 Å². The van der Waals surface area contributed by atoms with Crippen molar-refractivity contribution in [1.29, 1.82) is 0 Å². The maximum Gasteiger partial charge on any atom is 0.153 e. The molecule has 1 N–H and O–H groups in total. The lowest BCUT2D eigenvalue weighted by atomic mass is 9.48. The lowest BCUT2D eigenvalue weighted by Crippen LogP contribution is -2.60. The predicted octanol–water partition coefficient (Wildman–Crippen LogP) is 1.59. The molecular formula is C14H23NO2S. The molecule has 5 rings (SSSR count). The Labute approximate surface area is 110 Å². The van der Waals surface area contributed by atoms with Gasteiger partial charge in [-0.05, 0) is 61.7 Å². The summed E-state index contributed by atoms with van der Waals surface area (Å²) in [7, 11) is -2.79. The molecule has 0 aromatic heterocycles. The van der Waals surface area contributed by atoms with Crippen LogP contribution in [0.3, 0.4) is 0 Å². The summed E-state index contributed by atoms with van der Waals surface area (Å²) in [6.45, 7) is 0.675. The summed E-state index contributed by atoms with van der Waals surface area (Å²) in [5.41, 5.74) is 0.336. The molecule has 0 spiro atoms. The second-order valence-electron chi connectivity index (χ2n) is 7.40. The van der Waals surface area contributed by atoms with Gasteiger partial charge in [-0.15, -0.1) is 0 Å². The van der Waals surface area contributed by atoms with Crippen molar-refractivity contribution in [2.45, 2.75) is 44.6 Å². The fourth-order valence-electron chi connectivity index (χ4n) is 5.78. The monoisotopic (exact) mass is 269 g/mol. The van der Waals surface area contributed by atoms with Crippen LogP contribution in [0.5, 0.6) is 0 Å². The second-order valence-corrected chi connectivity index (χ2v) is 9.63. The molecule has 1 saturated heterocycles. The van der Waals surface area contributed by atoms with E-state index in [-0.39, 0.29) is 6.04 Å². The average Bonchev–Trinajstić information content (AvgIpc) is 2.25. The van der Waals surface area contributed by atoms with Crippen LogP contribution in [0, 0.1) is 23.2 Å². The second kappa shape index (κ2) is 3.72. The normalized spacial score (nSPS) is 53.6. The van der Waals surface area contributed by atoms with Crippen molar-refractivity contribution in [2.24, 2.45) is 23.2 Å². The Morgan fingerprint density at radius 1 is 0.944 bits per heavy atom. The third-order valence-corrected chi connectivity index (χ3v) is 7.72. The molecule has 0 radical (unpaired) electrons. The molecule has 0 amide bonds. The van der Waals surface area contributed by atoms with Crippen LogP contribution in [0.25, 0.3) is 0 Å². The van der Waals surface area contributed by atoms with Crippen LogP contribution in [0.15, 0.2) is 0 Å². The van der Waals surface area contributed by atoms with Gasteiger partial charge < -0.3 is 5.32 Å². The molecular weight excluding hydrogens is 246 g/mol. The van der Waals surface area contributed by atoms with Gasteiger partial charge in [0, 0.05) is 12.6 Å². The van der Waals surface area contributed by atoms with Gasteiger partial charge in [-0.1, -0.05) is 0 Å². The molecule has 1 atom stereocenters. The third-order valence-electron chi connectivity index (χ3n) is 6.05. The SMILES string of the molecule is O=S1(=O)CCNC(C23CC4CC(CC(C4)C2)C3)C1. The molecule has 0 aromatic carbocycles. The fourth-order valence-corrected chi connectivity index (χ4v) is 7.36. The molecule has 0 aromatic rings. The molecule has 3 nitrogen and oxygen atoms in total. The average molecular weight is 269 g/mol. The Kier molecular flexibility index (Phi) is 2.42. The highest BCUT2D eigenvalue weighted by Crippen LogP contribution is 2.61.